The molecule has 1 heteroatoms. The molecule has 1 aromatic carbocycles. The first kappa shape index (κ1) is 16.6. The summed E-state index contributed by atoms with van der Waals surface area (Å²) >= 11 is 0. The predicted molar refractivity (Wildman–Crippen MR) is 69.1 cm³/mol. The molecule has 0 aliphatic carbocycles. The van der Waals surface area contributed by atoms with Gasteiger partial charge in [-0.2, -0.15) is 0 Å². The highest BCUT2D eigenvalue weighted by atomic mass is 16.2. The predicted octanol–water partition coefficient (Wildman–Crippen LogP) is 4.19. The topological polar surface area (TPSA) is 20.2 Å². The van der Waals surface area contributed by atoms with Crippen molar-refractivity contribution in [1.29, 1.82) is 0 Å². The van der Waals surface area contributed by atoms with Gasteiger partial charge in [0.05, 0.1) is 0 Å². The number of unbranched alkanes of at least 4 members (excludes halogenated alkanes) is 1. The lowest BCUT2D eigenvalue weighted by Crippen LogP contribution is -1.75. The largest absolute Gasteiger partial charge is 0.396 e. The third kappa shape index (κ3) is 19.5. The molecule has 1 rings (SSSR count). The summed E-state index contributed by atoms with van der Waals surface area (Å²) < 4.78 is 0. The molecule has 0 amide bonds. The maximum atomic E-state index is 8.07. The first-order chi connectivity index (χ1) is 7.22. The number of aliphatic hydroxyl groups excluding tert-OH is 1. The fourth-order valence-corrected chi connectivity index (χ4v) is 0.692. The maximum absolute atomic E-state index is 8.07. The summed E-state index contributed by atoms with van der Waals surface area (Å²) in [7, 11) is 0. The van der Waals surface area contributed by atoms with Gasteiger partial charge in [-0.25, -0.2) is 0 Å². The Morgan fingerprint density at radius 3 is 1.60 bits per heavy atom. The molecule has 0 saturated heterocycles. The molecule has 1 nitrogen and oxygen atoms in total. The summed E-state index contributed by atoms with van der Waals surface area (Å²) in [5, 5.41) is 8.07. The smallest absolute Gasteiger partial charge is 0.0430 e. The Labute approximate surface area is 95.2 Å². The number of benzene rings is 1. The number of aryl methyl sites for hydroxylation is 1. The van der Waals surface area contributed by atoms with Crippen LogP contribution in [0.15, 0.2) is 30.3 Å². The van der Waals surface area contributed by atoms with Gasteiger partial charge in [-0.3, -0.25) is 0 Å². The third-order valence-corrected chi connectivity index (χ3v) is 1.45. The number of hydrogen-bond donors (Lipinski definition) is 1. The van der Waals surface area contributed by atoms with E-state index in [1.807, 2.05) is 18.2 Å². The van der Waals surface area contributed by atoms with Crippen LogP contribution >= 0.6 is 0 Å². The van der Waals surface area contributed by atoms with Gasteiger partial charge in [0, 0.05) is 6.61 Å². The van der Waals surface area contributed by atoms with Gasteiger partial charge in [-0.15, -0.1) is 0 Å². The molecule has 0 aliphatic rings. The molecule has 0 unspecified atom stereocenters. The first-order valence-electron chi connectivity index (χ1n) is 5.85. The van der Waals surface area contributed by atoms with Gasteiger partial charge in [-0.1, -0.05) is 69.5 Å². The average Bonchev–Trinajstić information content (AvgIpc) is 2.22. The van der Waals surface area contributed by atoms with Crippen LogP contribution in [0, 0.1) is 6.92 Å². The highest BCUT2D eigenvalue weighted by Gasteiger charge is 1.72. The molecule has 0 spiro atoms. The Bertz CT molecular complexity index is 180. The standard InChI is InChI=1S/C7H8.C4H10O.C3H8/c1-7-5-3-2-4-6-7;1-2-3-4-5;1-3-2/h2-6H,1H3;5H,2-4H2,1H3;3H2,1-2H3. The lowest BCUT2D eigenvalue weighted by atomic mass is 10.2. The Balaban J connectivity index is 0. The van der Waals surface area contributed by atoms with Gasteiger partial charge in [0.2, 0.25) is 0 Å². The van der Waals surface area contributed by atoms with Gasteiger partial charge in [0.25, 0.3) is 0 Å². The molecular weight excluding hydrogens is 184 g/mol. The fourth-order valence-electron chi connectivity index (χ4n) is 0.692. The molecule has 0 heterocycles. The second kappa shape index (κ2) is 15.6. The van der Waals surface area contributed by atoms with Crippen LogP contribution in [0.25, 0.3) is 0 Å². The van der Waals surface area contributed by atoms with E-state index in [2.05, 4.69) is 39.8 Å². The summed E-state index contributed by atoms with van der Waals surface area (Å²) in [6, 6.07) is 10.3. The van der Waals surface area contributed by atoms with Crippen LogP contribution in [0.1, 0.15) is 45.6 Å². The van der Waals surface area contributed by atoms with Crippen molar-refractivity contribution in [3.05, 3.63) is 35.9 Å². The van der Waals surface area contributed by atoms with Crippen LogP contribution in [-0.4, -0.2) is 11.7 Å². The molecule has 1 aromatic rings. The molecular formula is C14H26O. The first-order valence-corrected chi connectivity index (χ1v) is 5.85. The zero-order valence-corrected chi connectivity index (χ0v) is 10.7. The van der Waals surface area contributed by atoms with Crippen molar-refractivity contribution in [2.24, 2.45) is 0 Å². The molecule has 0 aromatic heterocycles. The molecule has 0 bridgehead atoms. The highest BCUT2D eigenvalue weighted by molar-refractivity contribution is 5.11. The molecule has 0 saturated carbocycles. The van der Waals surface area contributed by atoms with Crippen molar-refractivity contribution >= 4 is 0 Å². The number of aliphatic hydroxyl groups is 1. The van der Waals surface area contributed by atoms with Crippen LogP contribution in [0.2, 0.25) is 0 Å². The normalized spacial score (nSPS) is 8.07. The van der Waals surface area contributed by atoms with Crippen molar-refractivity contribution in [1.82, 2.24) is 0 Å². The van der Waals surface area contributed by atoms with Crippen LogP contribution in [0.3, 0.4) is 0 Å². The maximum Gasteiger partial charge on any atom is 0.0430 e. The summed E-state index contributed by atoms with van der Waals surface area (Å²) in [6.07, 6.45) is 3.29. The number of hydrogen-bond acceptors (Lipinski definition) is 1. The minimum atomic E-state index is 0.344. The van der Waals surface area contributed by atoms with E-state index in [0.717, 1.165) is 12.8 Å². The Kier molecular flexibility index (Phi) is 17.3. The van der Waals surface area contributed by atoms with E-state index in [1.54, 1.807) is 0 Å². The zero-order chi connectivity index (χ0) is 11.9. The van der Waals surface area contributed by atoms with Gasteiger partial charge in [0.1, 0.15) is 0 Å². The highest BCUT2D eigenvalue weighted by Crippen LogP contribution is 1.92. The van der Waals surface area contributed by atoms with E-state index in [0.29, 0.717) is 6.61 Å². The Morgan fingerprint density at radius 1 is 1.00 bits per heavy atom. The number of rotatable bonds is 2. The Morgan fingerprint density at radius 2 is 1.47 bits per heavy atom. The molecule has 0 radical (unpaired) electrons. The zero-order valence-electron chi connectivity index (χ0n) is 10.7. The molecule has 88 valence electrons. The average molecular weight is 210 g/mol. The van der Waals surface area contributed by atoms with Crippen LogP contribution in [0.5, 0.6) is 0 Å². The summed E-state index contributed by atoms with van der Waals surface area (Å²) in [5.41, 5.74) is 1.32. The van der Waals surface area contributed by atoms with Crippen molar-refractivity contribution in [2.45, 2.75) is 47.0 Å². The van der Waals surface area contributed by atoms with Crippen LogP contribution in [0.4, 0.5) is 0 Å². The summed E-state index contributed by atoms with van der Waals surface area (Å²) in [4.78, 5) is 0. The van der Waals surface area contributed by atoms with E-state index in [4.69, 9.17) is 5.11 Å². The summed E-state index contributed by atoms with van der Waals surface area (Å²) in [5.74, 6) is 0. The van der Waals surface area contributed by atoms with E-state index in [1.165, 1.54) is 12.0 Å². The molecule has 15 heavy (non-hydrogen) atoms. The molecule has 1 N–H and O–H groups in total. The lowest BCUT2D eigenvalue weighted by Gasteiger charge is -1.82. The monoisotopic (exact) mass is 210 g/mol. The van der Waals surface area contributed by atoms with Crippen molar-refractivity contribution in [3.63, 3.8) is 0 Å². The van der Waals surface area contributed by atoms with Gasteiger partial charge in [0.15, 0.2) is 0 Å². The summed E-state index contributed by atoms with van der Waals surface area (Å²) in [6.45, 7) is 8.73. The minimum absolute atomic E-state index is 0.344. The van der Waals surface area contributed by atoms with Crippen LogP contribution in [-0.2, 0) is 0 Å². The van der Waals surface area contributed by atoms with E-state index < -0.39 is 0 Å². The second-order valence-electron chi connectivity index (χ2n) is 3.44. The van der Waals surface area contributed by atoms with Gasteiger partial charge < -0.3 is 5.11 Å². The van der Waals surface area contributed by atoms with Crippen molar-refractivity contribution < 1.29 is 5.11 Å². The van der Waals surface area contributed by atoms with E-state index >= 15 is 0 Å². The minimum Gasteiger partial charge on any atom is -0.396 e. The third-order valence-electron chi connectivity index (χ3n) is 1.45. The molecule has 0 fully saturated rings. The van der Waals surface area contributed by atoms with Crippen molar-refractivity contribution in [3.8, 4) is 0 Å². The lowest BCUT2D eigenvalue weighted by molar-refractivity contribution is 0.287. The second-order valence-corrected chi connectivity index (χ2v) is 3.44. The van der Waals surface area contributed by atoms with Gasteiger partial charge >= 0.3 is 0 Å². The van der Waals surface area contributed by atoms with E-state index in [-0.39, 0.29) is 0 Å². The Hall–Kier alpha value is -0.820. The fraction of sp³-hybridized carbons (Fsp3) is 0.571. The van der Waals surface area contributed by atoms with Crippen molar-refractivity contribution in [2.75, 3.05) is 6.61 Å². The quantitative estimate of drug-likeness (QED) is 0.776. The molecule has 0 atom stereocenters. The SMILES string of the molecule is CCC.CCCCO.Cc1ccccc1. The van der Waals surface area contributed by atoms with Crippen LogP contribution < -0.4 is 0 Å². The molecule has 0 aliphatic heterocycles. The van der Waals surface area contributed by atoms with Gasteiger partial charge in [-0.05, 0) is 13.3 Å². The van der Waals surface area contributed by atoms with E-state index in [9.17, 15) is 0 Å².